The van der Waals surface area contributed by atoms with Crippen molar-refractivity contribution in [3.63, 3.8) is 0 Å². The number of nitrogens with zero attached hydrogens (tertiary/aromatic N) is 3. The van der Waals surface area contributed by atoms with Crippen molar-refractivity contribution in [1.82, 2.24) is 15.3 Å². The number of rotatable bonds is 4. The maximum absolute atomic E-state index is 11.5. The van der Waals surface area contributed by atoms with Gasteiger partial charge in [-0.05, 0) is 12.8 Å². The quantitative estimate of drug-likeness (QED) is 0.848. The fourth-order valence-corrected chi connectivity index (χ4v) is 1.46. The van der Waals surface area contributed by atoms with Crippen molar-refractivity contribution in [2.24, 2.45) is 0 Å². The van der Waals surface area contributed by atoms with E-state index < -0.39 is 0 Å². The largest absolute Gasteiger partial charge is 0.352 e. The van der Waals surface area contributed by atoms with E-state index in [4.69, 9.17) is 11.6 Å². The molecule has 0 spiro atoms. The number of amides is 1. The van der Waals surface area contributed by atoms with Crippen LogP contribution in [-0.4, -0.2) is 35.5 Å². The molecule has 86 valence electrons. The van der Waals surface area contributed by atoms with E-state index in [1.54, 1.807) is 18.1 Å². The van der Waals surface area contributed by atoms with E-state index in [1.807, 2.05) is 0 Å². The molecule has 1 amide bonds. The van der Waals surface area contributed by atoms with Crippen molar-refractivity contribution in [3.8, 4) is 0 Å². The summed E-state index contributed by atoms with van der Waals surface area (Å²) in [5, 5.41) is 3.23. The SMILES string of the molecule is CN(CC(=O)NC1CC1)c1cncc(Cl)n1. The highest BCUT2D eigenvalue weighted by molar-refractivity contribution is 6.29. The van der Waals surface area contributed by atoms with Gasteiger partial charge >= 0.3 is 0 Å². The van der Waals surface area contributed by atoms with Crippen LogP contribution in [0.15, 0.2) is 12.4 Å². The molecule has 0 saturated heterocycles. The summed E-state index contributed by atoms with van der Waals surface area (Å²) in [5.41, 5.74) is 0. The van der Waals surface area contributed by atoms with E-state index in [9.17, 15) is 4.79 Å². The van der Waals surface area contributed by atoms with Crippen LogP contribution >= 0.6 is 11.6 Å². The molecule has 0 bridgehead atoms. The third kappa shape index (κ3) is 3.06. The van der Waals surface area contributed by atoms with Gasteiger partial charge in [-0.15, -0.1) is 0 Å². The highest BCUT2D eigenvalue weighted by atomic mass is 35.5. The van der Waals surface area contributed by atoms with Crippen molar-refractivity contribution in [3.05, 3.63) is 17.5 Å². The van der Waals surface area contributed by atoms with Crippen LogP contribution in [0.5, 0.6) is 0 Å². The zero-order valence-corrected chi connectivity index (χ0v) is 9.74. The van der Waals surface area contributed by atoms with Gasteiger partial charge in [0.25, 0.3) is 0 Å². The summed E-state index contributed by atoms with van der Waals surface area (Å²) in [6, 6.07) is 0.381. The number of aromatic nitrogens is 2. The van der Waals surface area contributed by atoms with Crippen LogP contribution < -0.4 is 10.2 Å². The van der Waals surface area contributed by atoms with Gasteiger partial charge in [-0.1, -0.05) is 11.6 Å². The molecular formula is C10H13ClN4O. The van der Waals surface area contributed by atoms with Gasteiger partial charge in [-0.3, -0.25) is 9.78 Å². The van der Waals surface area contributed by atoms with Gasteiger partial charge in [0, 0.05) is 13.1 Å². The van der Waals surface area contributed by atoms with Gasteiger partial charge in [0.2, 0.25) is 5.91 Å². The summed E-state index contributed by atoms with van der Waals surface area (Å²) < 4.78 is 0. The molecule has 1 aromatic heterocycles. The maximum atomic E-state index is 11.5. The summed E-state index contributed by atoms with van der Waals surface area (Å²) >= 11 is 5.72. The van der Waals surface area contributed by atoms with Crippen LogP contribution in [0.25, 0.3) is 0 Å². The fraction of sp³-hybridized carbons (Fsp3) is 0.500. The highest BCUT2D eigenvalue weighted by Gasteiger charge is 2.23. The Kier molecular flexibility index (Phi) is 3.24. The lowest BCUT2D eigenvalue weighted by Crippen LogP contribution is -2.36. The molecule has 1 fully saturated rings. The third-order valence-corrected chi connectivity index (χ3v) is 2.49. The molecule has 6 heteroatoms. The van der Waals surface area contributed by atoms with Gasteiger partial charge in [0.15, 0.2) is 0 Å². The molecule has 1 aliphatic carbocycles. The van der Waals surface area contributed by atoms with Gasteiger partial charge in [0.1, 0.15) is 11.0 Å². The van der Waals surface area contributed by atoms with E-state index in [1.165, 1.54) is 6.20 Å². The lowest BCUT2D eigenvalue weighted by molar-refractivity contribution is -0.119. The first-order chi connectivity index (χ1) is 7.65. The van der Waals surface area contributed by atoms with Crippen LogP contribution in [0.1, 0.15) is 12.8 Å². The molecular weight excluding hydrogens is 228 g/mol. The second kappa shape index (κ2) is 4.65. The molecule has 0 aromatic carbocycles. The molecule has 2 rings (SSSR count). The van der Waals surface area contributed by atoms with Crippen LogP contribution in [0.3, 0.4) is 0 Å². The molecule has 0 unspecified atom stereocenters. The minimum atomic E-state index is 0.00627. The van der Waals surface area contributed by atoms with Crippen molar-refractivity contribution in [1.29, 1.82) is 0 Å². The summed E-state index contributed by atoms with van der Waals surface area (Å²) in [7, 11) is 1.78. The van der Waals surface area contributed by atoms with Crippen LogP contribution in [0.4, 0.5) is 5.82 Å². The summed E-state index contributed by atoms with van der Waals surface area (Å²) in [6.45, 7) is 0.269. The number of hydrogen-bond donors (Lipinski definition) is 1. The van der Waals surface area contributed by atoms with E-state index in [0.29, 0.717) is 17.0 Å². The Hall–Kier alpha value is -1.36. The summed E-state index contributed by atoms with van der Waals surface area (Å²) in [4.78, 5) is 21.2. The molecule has 16 heavy (non-hydrogen) atoms. The van der Waals surface area contributed by atoms with Crippen molar-refractivity contribution in [2.75, 3.05) is 18.5 Å². The average molecular weight is 241 g/mol. The highest BCUT2D eigenvalue weighted by Crippen LogP contribution is 2.18. The van der Waals surface area contributed by atoms with Gasteiger partial charge < -0.3 is 10.2 Å². The molecule has 0 aliphatic heterocycles. The number of halogens is 1. The fourth-order valence-electron chi connectivity index (χ4n) is 1.31. The molecule has 1 saturated carbocycles. The normalized spacial score (nSPS) is 14.6. The first-order valence-electron chi connectivity index (χ1n) is 5.13. The predicted molar refractivity (Wildman–Crippen MR) is 61.5 cm³/mol. The third-order valence-electron chi connectivity index (χ3n) is 2.31. The summed E-state index contributed by atoms with van der Waals surface area (Å²) in [6.07, 6.45) is 5.22. The van der Waals surface area contributed by atoms with E-state index in [2.05, 4.69) is 15.3 Å². The Morgan fingerprint density at radius 1 is 1.62 bits per heavy atom. The minimum absolute atomic E-state index is 0.00627. The number of hydrogen-bond acceptors (Lipinski definition) is 4. The predicted octanol–water partition coefficient (Wildman–Crippen LogP) is 0.845. The smallest absolute Gasteiger partial charge is 0.239 e. The first kappa shape index (κ1) is 11.1. The van der Waals surface area contributed by atoms with Crippen LogP contribution in [0.2, 0.25) is 5.15 Å². The summed E-state index contributed by atoms with van der Waals surface area (Å²) in [5.74, 6) is 0.602. The minimum Gasteiger partial charge on any atom is -0.352 e. The molecule has 5 nitrogen and oxygen atoms in total. The lowest BCUT2D eigenvalue weighted by Gasteiger charge is -2.17. The average Bonchev–Trinajstić information content (AvgIpc) is 3.01. The van der Waals surface area contributed by atoms with Gasteiger partial charge in [-0.25, -0.2) is 4.98 Å². The Morgan fingerprint density at radius 3 is 3.00 bits per heavy atom. The Balaban J connectivity index is 1.91. The van der Waals surface area contributed by atoms with Crippen molar-refractivity contribution >= 4 is 23.3 Å². The molecule has 0 radical (unpaired) electrons. The number of nitrogens with one attached hydrogen (secondary N) is 1. The van der Waals surface area contributed by atoms with E-state index in [-0.39, 0.29) is 12.5 Å². The van der Waals surface area contributed by atoms with E-state index >= 15 is 0 Å². The molecule has 1 aliphatic rings. The topological polar surface area (TPSA) is 58.1 Å². The van der Waals surface area contributed by atoms with Crippen molar-refractivity contribution < 1.29 is 4.79 Å². The molecule has 1 aromatic rings. The number of carbonyl (C=O) groups excluding carboxylic acids is 1. The standard InChI is InChI=1S/C10H13ClN4O/c1-15(6-10(16)13-7-2-3-7)9-5-12-4-8(11)14-9/h4-5,7H,2-3,6H2,1H3,(H,13,16). The molecule has 1 heterocycles. The Bertz CT molecular complexity index is 394. The molecule has 1 N–H and O–H groups in total. The second-order valence-electron chi connectivity index (χ2n) is 3.90. The first-order valence-corrected chi connectivity index (χ1v) is 5.51. The Morgan fingerprint density at radius 2 is 2.38 bits per heavy atom. The Labute approximate surface area is 98.8 Å². The zero-order chi connectivity index (χ0) is 11.5. The van der Waals surface area contributed by atoms with Crippen molar-refractivity contribution in [2.45, 2.75) is 18.9 Å². The number of anilines is 1. The van der Waals surface area contributed by atoms with Crippen LogP contribution in [0, 0.1) is 0 Å². The number of carbonyl (C=O) groups is 1. The molecule has 0 atom stereocenters. The van der Waals surface area contributed by atoms with Gasteiger partial charge in [0.05, 0.1) is 18.9 Å². The second-order valence-corrected chi connectivity index (χ2v) is 4.29. The zero-order valence-electron chi connectivity index (χ0n) is 8.98. The van der Waals surface area contributed by atoms with Crippen LogP contribution in [-0.2, 0) is 4.79 Å². The number of likely N-dealkylation sites (N-methyl/N-ethyl adjacent to an activating group) is 1. The lowest BCUT2D eigenvalue weighted by atomic mass is 10.4. The monoisotopic (exact) mass is 240 g/mol. The maximum Gasteiger partial charge on any atom is 0.239 e. The van der Waals surface area contributed by atoms with Gasteiger partial charge in [-0.2, -0.15) is 0 Å². The van der Waals surface area contributed by atoms with E-state index in [0.717, 1.165) is 12.8 Å².